The molecule has 0 saturated carbocycles. The molecule has 2 rings (SSSR count). The number of pyridine rings is 1. The molecular formula is C14H19N3. The molecule has 17 heavy (non-hydrogen) atoms. The third-order valence-corrected chi connectivity index (χ3v) is 2.70. The van der Waals surface area contributed by atoms with Crippen LogP contribution in [0.1, 0.15) is 6.92 Å². The van der Waals surface area contributed by atoms with Crippen LogP contribution >= 0.6 is 0 Å². The number of benzene rings is 1. The van der Waals surface area contributed by atoms with Crippen LogP contribution in [0, 0.1) is 0 Å². The van der Waals surface area contributed by atoms with Crippen LogP contribution in [0.5, 0.6) is 0 Å². The number of hydrogen-bond acceptors (Lipinski definition) is 3. The molecule has 1 aromatic heterocycles. The Balaban J connectivity index is 2.24. The van der Waals surface area contributed by atoms with Crippen molar-refractivity contribution in [3.05, 3.63) is 36.5 Å². The van der Waals surface area contributed by atoms with Gasteiger partial charge in [0, 0.05) is 24.2 Å². The summed E-state index contributed by atoms with van der Waals surface area (Å²) in [6.45, 7) is 3.16. The predicted molar refractivity (Wildman–Crippen MR) is 73.4 cm³/mol. The number of nitrogens with zero attached hydrogens (tertiary/aromatic N) is 2. The van der Waals surface area contributed by atoms with Crippen molar-refractivity contribution in [2.24, 2.45) is 0 Å². The number of aromatic nitrogens is 1. The van der Waals surface area contributed by atoms with Crippen molar-refractivity contribution in [3.63, 3.8) is 0 Å². The lowest BCUT2D eigenvalue weighted by Gasteiger charge is -2.19. The molecule has 1 atom stereocenters. The highest BCUT2D eigenvalue weighted by atomic mass is 15.1. The van der Waals surface area contributed by atoms with Gasteiger partial charge in [0.25, 0.3) is 0 Å². The van der Waals surface area contributed by atoms with Crippen LogP contribution in [-0.4, -0.2) is 36.6 Å². The molecule has 0 aliphatic rings. The lowest BCUT2D eigenvalue weighted by molar-refractivity contribution is 0.392. The van der Waals surface area contributed by atoms with Gasteiger partial charge in [0.2, 0.25) is 0 Å². The van der Waals surface area contributed by atoms with E-state index in [1.165, 1.54) is 10.8 Å². The van der Waals surface area contributed by atoms with Gasteiger partial charge >= 0.3 is 0 Å². The molecule has 0 bridgehead atoms. The Morgan fingerprint density at radius 2 is 2.00 bits per heavy atom. The molecular weight excluding hydrogens is 210 g/mol. The van der Waals surface area contributed by atoms with E-state index in [0.29, 0.717) is 6.04 Å². The molecule has 1 aromatic carbocycles. The first-order chi connectivity index (χ1) is 8.16. The standard InChI is InChI=1S/C14H19N3/c1-11(10-17(2)3)16-14-13-7-5-4-6-12(13)8-9-15-14/h4-9,11H,10H2,1-3H3,(H,15,16). The zero-order valence-electron chi connectivity index (χ0n) is 10.6. The Kier molecular flexibility index (Phi) is 3.59. The van der Waals surface area contributed by atoms with Crippen molar-refractivity contribution in [1.82, 2.24) is 9.88 Å². The largest absolute Gasteiger partial charge is 0.366 e. The fourth-order valence-corrected chi connectivity index (χ4v) is 2.06. The van der Waals surface area contributed by atoms with Crippen LogP contribution in [-0.2, 0) is 0 Å². The van der Waals surface area contributed by atoms with Crippen LogP contribution in [0.15, 0.2) is 36.5 Å². The molecule has 0 fully saturated rings. The first-order valence-electron chi connectivity index (χ1n) is 5.92. The Morgan fingerprint density at radius 1 is 1.24 bits per heavy atom. The summed E-state index contributed by atoms with van der Waals surface area (Å²) in [6.07, 6.45) is 1.85. The summed E-state index contributed by atoms with van der Waals surface area (Å²) >= 11 is 0. The van der Waals surface area contributed by atoms with E-state index in [-0.39, 0.29) is 0 Å². The topological polar surface area (TPSA) is 28.2 Å². The van der Waals surface area contributed by atoms with Gasteiger partial charge in [-0.15, -0.1) is 0 Å². The molecule has 90 valence electrons. The van der Waals surface area contributed by atoms with E-state index in [2.05, 4.69) is 54.4 Å². The predicted octanol–water partition coefficient (Wildman–Crippen LogP) is 2.60. The van der Waals surface area contributed by atoms with Crippen LogP contribution in [0.25, 0.3) is 10.8 Å². The van der Waals surface area contributed by atoms with Gasteiger partial charge in [-0.25, -0.2) is 4.98 Å². The molecule has 0 aliphatic heterocycles. The molecule has 3 heteroatoms. The van der Waals surface area contributed by atoms with Crippen molar-refractivity contribution in [2.75, 3.05) is 26.0 Å². The minimum Gasteiger partial charge on any atom is -0.366 e. The van der Waals surface area contributed by atoms with Crippen LogP contribution in [0.4, 0.5) is 5.82 Å². The van der Waals surface area contributed by atoms with Gasteiger partial charge in [0.1, 0.15) is 5.82 Å². The maximum atomic E-state index is 4.42. The van der Waals surface area contributed by atoms with E-state index < -0.39 is 0 Å². The third kappa shape index (κ3) is 2.94. The zero-order valence-corrected chi connectivity index (χ0v) is 10.6. The Morgan fingerprint density at radius 3 is 2.76 bits per heavy atom. The smallest absolute Gasteiger partial charge is 0.134 e. The number of rotatable bonds is 4. The van der Waals surface area contributed by atoms with Gasteiger partial charge in [-0.1, -0.05) is 24.3 Å². The molecule has 0 amide bonds. The summed E-state index contributed by atoms with van der Waals surface area (Å²) < 4.78 is 0. The monoisotopic (exact) mass is 229 g/mol. The quantitative estimate of drug-likeness (QED) is 0.873. The van der Waals surface area contributed by atoms with Gasteiger partial charge in [0.05, 0.1) is 0 Å². The number of fused-ring (bicyclic) bond motifs is 1. The summed E-state index contributed by atoms with van der Waals surface area (Å²) in [4.78, 5) is 6.59. The van der Waals surface area contributed by atoms with E-state index >= 15 is 0 Å². The summed E-state index contributed by atoms with van der Waals surface area (Å²) in [5.41, 5.74) is 0. The van der Waals surface area contributed by atoms with Crippen molar-refractivity contribution in [3.8, 4) is 0 Å². The molecule has 0 spiro atoms. The Bertz CT molecular complexity index is 488. The first-order valence-corrected chi connectivity index (χ1v) is 5.92. The van der Waals surface area contributed by atoms with Crippen LogP contribution < -0.4 is 5.32 Å². The number of likely N-dealkylation sites (N-methyl/N-ethyl adjacent to an activating group) is 1. The van der Waals surface area contributed by atoms with E-state index in [4.69, 9.17) is 0 Å². The minimum atomic E-state index is 0.378. The van der Waals surface area contributed by atoms with Crippen molar-refractivity contribution < 1.29 is 0 Å². The zero-order chi connectivity index (χ0) is 12.3. The molecule has 1 N–H and O–H groups in total. The molecule has 0 saturated heterocycles. The highest BCUT2D eigenvalue weighted by Crippen LogP contribution is 2.20. The van der Waals surface area contributed by atoms with Crippen LogP contribution in [0.2, 0.25) is 0 Å². The summed E-state index contributed by atoms with van der Waals surface area (Å²) in [5, 5.41) is 5.87. The second-order valence-electron chi connectivity index (χ2n) is 4.69. The van der Waals surface area contributed by atoms with Gasteiger partial charge in [0.15, 0.2) is 0 Å². The fraction of sp³-hybridized carbons (Fsp3) is 0.357. The maximum Gasteiger partial charge on any atom is 0.134 e. The van der Waals surface area contributed by atoms with E-state index in [9.17, 15) is 0 Å². The second-order valence-corrected chi connectivity index (χ2v) is 4.69. The SMILES string of the molecule is CC(CN(C)C)Nc1nccc2ccccc12. The first kappa shape index (κ1) is 11.9. The second kappa shape index (κ2) is 5.15. The Hall–Kier alpha value is -1.61. The van der Waals surface area contributed by atoms with Gasteiger partial charge in [-0.2, -0.15) is 0 Å². The number of nitrogens with one attached hydrogen (secondary N) is 1. The lowest BCUT2D eigenvalue weighted by atomic mass is 10.1. The number of anilines is 1. The average molecular weight is 229 g/mol. The van der Waals surface area contributed by atoms with Gasteiger partial charge in [-0.05, 0) is 32.5 Å². The Labute approximate surface area is 102 Å². The normalized spacial score (nSPS) is 12.9. The highest BCUT2D eigenvalue weighted by Gasteiger charge is 2.06. The molecule has 3 nitrogen and oxygen atoms in total. The summed E-state index contributed by atoms with van der Waals surface area (Å²) in [5.74, 6) is 0.970. The van der Waals surface area contributed by atoms with Crippen LogP contribution in [0.3, 0.4) is 0 Å². The molecule has 1 heterocycles. The van der Waals surface area contributed by atoms with Crippen molar-refractivity contribution in [1.29, 1.82) is 0 Å². The number of hydrogen-bond donors (Lipinski definition) is 1. The maximum absolute atomic E-state index is 4.42. The summed E-state index contributed by atoms with van der Waals surface area (Å²) in [6, 6.07) is 10.7. The minimum absolute atomic E-state index is 0.378. The van der Waals surface area contributed by atoms with E-state index in [0.717, 1.165) is 12.4 Å². The average Bonchev–Trinajstić information content (AvgIpc) is 2.28. The molecule has 0 aliphatic carbocycles. The highest BCUT2D eigenvalue weighted by molar-refractivity contribution is 5.91. The molecule has 0 radical (unpaired) electrons. The van der Waals surface area contributed by atoms with Gasteiger partial charge in [-0.3, -0.25) is 0 Å². The lowest BCUT2D eigenvalue weighted by Crippen LogP contribution is -2.29. The van der Waals surface area contributed by atoms with Crippen molar-refractivity contribution >= 4 is 16.6 Å². The van der Waals surface area contributed by atoms with Crippen molar-refractivity contribution in [2.45, 2.75) is 13.0 Å². The third-order valence-electron chi connectivity index (χ3n) is 2.70. The van der Waals surface area contributed by atoms with E-state index in [1.807, 2.05) is 18.3 Å². The molecule has 1 unspecified atom stereocenters. The molecule has 2 aromatic rings. The summed E-state index contributed by atoms with van der Waals surface area (Å²) in [7, 11) is 4.16. The fourth-order valence-electron chi connectivity index (χ4n) is 2.06. The van der Waals surface area contributed by atoms with Gasteiger partial charge < -0.3 is 10.2 Å². The van der Waals surface area contributed by atoms with E-state index in [1.54, 1.807) is 0 Å².